The largest absolute Gasteiger partial charge is 0.457 e. The molecule has 1 atom stereocenters. The van der Waals surface area contributed by atoms with Crippen molar-refractivity contribution in [3.8, 4) is 23.3 Å². The molecule has 2 rings (SSSR count). The van der Waals surface area contributed by atoms with Gasteiger partial charge in [-0.1, -0.05) is 40.8 Å². The van der Waals surface area contributed by atoms with E-state index in [1.807, 2.05) is 55.5 Å². The van der Waals surface area contributed by atoms with Crippen LogP contribution in [-0.2, 0) is 0 Å². The van der Waals surface area contributed by atoms with Gasteiger partial charge in [-0.15, -0.1) is 0 Å². The highest BCUT2D eigenvalue weighted by atomic mass is 79.9. The van der Waals surface area contributed by atoms with Crippen LogP contribution in [0.1, 0.15) is 25.8 Å². The van der Waals surface area contributed by atoms with E-state index in [1.54, 1.807) is 6.92 Å². The highest BCUT2D eigenvalue weighted by Crippen LogP contribution is 2.24. The lowest BCUT2D eigenvalue weighted by molar-refractivity contribution is 0.118. The first kappa shape index (κ1) is 15.6. The summed E-state index contributed by atoms with van der Waals surface area (Å²) >= 11 is 3.41. The summed E-state index contributed by atoms with van der Waals surface area (Å²) in [5.74, 6) is 7.36. The summed E-state index contributed by atoms with van der Waals surface area (Å²) in [5, 5.41) is 9.86. The molecule has 2 aromatic carbocycles. The molecule has 108 valence electrons. The summed E-state index contributed by atoms with van der Waals surface area (Å²) < 4.78 is 6.73. The number of hydrogen-bond donors (Lipinski definition) is 1. The van der Waals surface area contributed by atoms with Crippen LogP contribution in [-0.4, -0.2) is 10.7 Å². The van der Waals surface area contributed by atoms with E-state index in [0.717, 1.165) is 21.5 Å². The van der Waals surface area contributed by atoms with Gasteiger partial charge in [-0.2, -0.15) is 0 Å². The van der Waals surface area contributed by atoms with Crippen LogP contribution in [0, 0.1) is 11.8 Å². The summed E-state index contributed by atoms with van der Waals surface area (Å²) in [7, 11) is 0. The molecule has 21 heavy (non-hydrogen) atoms. The molecule has 0 heterocycles. The van der Waals surface area contributed by atoms with E-state index in [1.165, 1.54) is 0 Å². The number of rotatable bonds is 3. The third kappa shape index (κ3) is 4.93. The van der Waals surface area contributed by atoms with Gasteiger partial charge in [0.25, 0.3) is 0 Å². The molecule has 1 unspecified atom stereocenters. The molecule has 2 aromatic rings. The number of hydrogen-bond acceptors (Lipinski definition) is 2. The number of ether oxygens (including phenoxy) is 1. The highest BCUT2D eigenvalue weighted by molar-refractivity contribution is 9.10. The predicted molar refractivity (Wildman–Crippen MR) is 88.5 cm³/mol. The molecule has 0 radical (unpaired) electrons. The van der Waals surface area contributed by atoms with Crippen molar-refractivity contribution in [2.45, 2.75) is 25.9 Å². The number of benzene rings is 2. The van der Waals surface area contributed by atoms with Gasteiger partial charge in [0, 0.05) is 10.0 Å². The number of halogens is 1. The smallest absolute Gasteiger partial charge is 0.128 e. The van der Waals surface area contributed by atoms with E-state index in [2.05, 4.69) is 27.8 Å². The van der Waals surface area contributed by atoms with Crippen molar-refractivity contribution in [2.75, 3.05) is 0 Å². The maximum Gasteiger partial charge on any atom is 0.128 e. The maximum absolute atomic E-state index is 9.86. The molecule has 0 bridgehead atoms. The Morgan fingerprint density at radius 2 is 1.86 bits per heavy atom. The molecule has 0 aliphatic rings. The zero-order valence-corrected chi connectivity index (χ0v) is 13.6. The van der Waals surface area contributed by atoms with Gasteiger partial charge in [-0.05, 0) is 55.8 Å². The molecule has 2 nitrogen and oxygen atoms in total. The van der Waals surface area contributed by atoms with Gasteiger partial charge in [0.05, 0.1) is 0 Å². The lowest BCUT2D eigenvalue weighted by Gasteiger charge is -2.11. The van der Waals surface area contributed by atoms with Crippen LogP contribution in [0.2, 0.25) is 0 Å². The Kier molecular flexibility index (Phi) is 5.06. The van der Waals surface area contributed by atoms with E-state index in [4.69, 9.17) is 4.74 Å². The van der Waals surface area contributed by atoms with Crippen molar-refractivity contribution in [1.82, 2.24) is 0 Å². The Balaban J connectivity index is 2.09. The minimum absolute atomic E-state index is 0.601. The lowest BCUT2D eigenvalue weighted by atomic mass is 10.0. The molecule has 0 fully saturated rings. The fourth-order valence-electron chi connectivity index (χ4n) is 1.57. The molecule has 3 heteroatoms. The van der Waals surface area contributed by atoms with Crippen molar-refractivity contribution in [2.24, 2.45) is 0 Å². The van der Waals surface area contributed by atoms with Crippen molar-refractivity contribution >= 4 is 15.9 Å². The normalized spacial score (nSPS) is 13.0. The van der Waals surface area contributed by atoms with Crippen LogP contribution >= 0.6 is 15.9 Å². The predicted octanol–water partition coefficient (Wildman–Crippen LogP) is 4.75. The Morgan fingerprint density at radius 3 is 2.48 bits per heavy atom. The average Bonchev–Trinajstić information content (AvgIpc) is 2.47. The van der Waals surface area contributed by atoms with Crippen molar-refractivity contribution in [3.05, 3.63) is 58.6 Å². The summed E-state index contributed by atoms with van der Waals surface area (Å²) in [6, 6.07) is 15.2. The third-order valence-electron chi connectivity index (χ3n) is 3.05. The van der Waals surface area contributed by atoms with Crippen molar-refractivity contribution < 1.29 is 9.84 Å². The summed E-state index contributed by atoms with van der Waals surface area (Å²) in [6.07, 6.45) is 0.601. The average molecular weight is 345 g/mol. The monoisotopic (exact) mass is 344 g/mol. The SMILES string of the molecule is CCC(C)(O)C#Cc1ccc(Oc2cccc(Br)c2)cc1. The van der Waals surface area contributed by atoms with E-state index < -0.39 is 5.60 Å². The van der Waals surface area contributed by atoms with Crippen LogP contribution in [0.15, 0.2) is 53.0 Å². The fraction of sp³-hybridized carbons (Fsp3) is 0.222. The molecule has 0 aromatic heterocycles. The Hall–Kier alpha value is -1.76. The zero-order valence-electron chi connectivity index (χ0n) is 12.1. The molecule has 1 N–H and O–H groups in total. The first-order valence-electron chi connectivity index (χ1n) is 6.77. The number of aliphatic hydroxyl groups is 1. The summed E-state index contributed by atoms with van der Waals surface area (Å²) in [4.78, 5) is 0. The van der Waals surface area contributed by atoms with Gasteiger partial charge in [0.1, 0.15) is 17.1 Å². The maximum atomic E-state index is 9.86. The first-order valence-corrected chi connectivity index (χ1v) is 7.57. The standard InChI is InChI=1S/C18H17BrO2/c1-3-18(2,20)12-11-14-7-9-16(10-8-14)21-17-6-4-5-15(19)13-17/h4-10,13,20H,3H2,1-2H3. The Bertz CT molecular complexity index is 664. The van der Waals surface area contributed by atoms with Crippen molar-refractivity contribution in [3.63, 3.8) is 0 Å². The quantitative estimate of drug-likeness (QED) is 0.813. The van der Waals surface area contributed by atoms with Gasteiger partial charge in [-0.25, -0.2) is 0 Å². The highest BCUT2D eigenvalue weighted by Gasteiger charge is 2.12. The van der Waals surface area contributed by atoms with Crippen LogP contribution in [0.25, 0.3) is 0 Å². The minimum atomic E-state index is -0.939. The lowest BCUT2D eigenvalue weighted by Crippen LogP contribution is -2.19. The van der Waals surface area contributed by atoms with E-state index in [0.29, 0.717) is 6.42 Å². The van der Waals surface area contributed by atoms with Crippen LogP contribution in [0.5, 0.6) is 11.5 Å². The molecule has 0 spiro atoms. The van der Waals surface area contributed by atoms with Crippen LogP contribution < -0.4 is 4.74 Å². The zero-order chi connectivity index (χ0) is 15.3. The molecule has 0 saturated heterocycles. The Morgan fingerprint density at radius 1 is 1.14 bits per heavy atom. The summed E-state index contributed by atoms with van der Waals surface area (Å²) in [5.41, 5.74) is -0.0869. The van der Waals surface area contributed by atoms with Gasteiger partial charge in [0.2, 0.25) is 0 Å². The molecule has 0 aliphatic heterocycles. The van der Waals surface area contributed by atoms with Crippen LogP contribution in [0.3, 0.4) is 0 Å². The van der Waals surface area contributed by atoms with E-state index in [9.17, 15) is 5.11 Å². The summed E-state index contributed by atoms with van der Waals surface area (Å²) in [6.45, 7) is 3.62. The van der Waals surface area contributed by atoms with E-state index >= 15 is 0 Å². The third-order valence-corrected chi connectivity index (χ3v) is 3.54. The molecule has 0 amide bonds. The second kappa shape index (κ2) is 6.80. The van der Waals surface area contributed by atoms with Crippen molar-refractivity contribution in [1.29, 1.82) is 0 Å². The molecular formula is C18H17BrO2. The minimum Gasteiger partial charge on any atom is -0.457 e. The van der Waals surface area contributed by atoms with Gasteiger partial charge in [-0.3, -0.25) is 0 Å². The van der Waals surface area contributed by atoms with E-state index in [-0.39, 0.29) is 0 Å². The second-order valence-electron chi connectivity index (χ2n) is 4.96. The van der Waals surface area contributed by atoms with Gasteiger partial charge >= 0.3 is 0 Å². The molecular weight excluding hydrogens is 328 g/mol. The first-order chi connectivity index (χ1) is 9.98. The second-order valence-corrected chi connectivity index (χ2v) is 5.88. The van der Waals surface area contributed by atoms with Crippen LogP contribution in [0.4, 0.5) is 0 Å². The fourth-order valence-corrected chi connectivity index (χ4v) is 1.95. The Labute approximate surface area is 133 Å². The van der Waals surface area contributed by atoms with Gasteiger partial charge < -0.3 is 9.84 Å². The molecule has 0 aliphatic carbocycles. The molecule has 0 saturated carbocycles. The van der Waals surface area contributed by atoms with Gasteiger partial charge in [0.15, 0.2) is 0 Å². The topological polar surface area (TPSA) is 29.5 Å².